The summed E-state index contributed by atoms with van der Waals surface area (Å²) in [4.78, 5) is 11.2. The minimum Gasteiger partial charge on any atom is -0.273 e. The second-order valence-electron chi connectivity index (χ2n) is 3.42. The van der Waals surface area contributed by atoms with E-state index in [2.05, 4.69) is 10.5 Å². The lowest BCUT2D eigenvalue weighted by atomic mass is 10.2. The van der Waals surface area contributed by atoms with Gasteiger partial charge in [0.2, 0.25) is 5.91 Å². The fourth-order valence-electron chi connectivity index (χ4n) is 1.15. The zero-order valence-electron chi connectivity index (χ0n) is 9.24. The van der Waals surface area contributed by atoms with Gasteiger partial charge < -0.3 is 0 Å². The number of nitrogens with one attached hydrogen (secondary N) is 1. The zero-order chi connectivity index (χ0) is 11.8. The van der Waals surface area contributed by atoms with Crippen LogP contribution in [0.4, 0.5) is 0 Å². The molecule has 1 aromatic carbocycles. The Hall–Kier alpha value is -1.35. The molecule has 0 aliphatic heterocycles. The number of hydrazone groups is 1. The van der Waals surface area contributed by atoms with Gasteiger partial charge in [0.1, 0.15) is 0 Å². The van der Waals surface area contributed by atoms with Gasteiger partial charge in [0.25, 0.3) is 0 Å². The Balaban J connectivity index is 2.43. The summed E-state index contributed by atoms with van der Waals surface area (Å²) in [5, 5.41) is 4.47. The second-order valence-corrected chi connectivity index (χ2v) is 3.83. The number of halogens is 1. The van der Waals surface area contributed by atoms with Crippen LogP contribution in [0.3, 0.4) is 0 Å². The van der Waals surface area contributed by atoms with Crippen molar-refractivity contribution in [3.63, 3.8) is 0 Å². The molecule has 16 heavy (non-hydrogen) atoms. The summed E-state index contributed by atoms with van der Waals surface area (Å²) < 4.78 is 0. The number of rotatable bonds is 5. The van der Waals surface area contributed by atoms with Crippen LogP contribution in [-0.4, -0.2) is 12.1 Å². The third-order valence-corrected chi connectivity index (χ3v) is 2.40. The van der Waals surface area contributed by atoms with Crippen LogP contribution >= 0.6 is 11.6 Å². The number of unbranched alkanes of at least 4 members (excludes halogenated alkanes) is 1. The molecule has 86 valence electrons. The summed E-state index contributed by atoms with van der Waals surface area (Å²) in [5.41, 5.74) is 3.26. The predicted octanol–water partition coefficient (Wildman–Crippen LogP) is 2.98. The number of carbonyl (C=O) groups is 1. The second kappa shape index (κ2) is 7.01. The van der Waals surface area contributed by atoms with Gasteiger partial charge in [0, 0.05) is 17.0 Å². The number of amides is 1. The van der Waals surface area contributed by atoms with Gasteiger partial charge in [-0.05, 0) is 12.5 Å². The van der Waals surface area contributed by atoms with Crippen molar-refractivity contribution >= 4 is 23.7 Å². The summed E-state index contributed by atoms with van der Waals surface area (Å²) in [5.74, 6) is -0.0647. The van der Waals surface area contributed by atoms with E-state index in [0.717, 1.165) is 18.4 Å². The Bertz CT molecular complexity index is 377. The van der Waals surface area contributed by atoms with Crippen LogP contribution in [0, 0.1) is 0 Å². The lowest BCUT2D eigenvalue weighted by molar-refractivity contribution is -0.121. The van der Waals surface area contributed by atoms with Crippen molar-refractivity contribution in [2.45, 2.75) is 26.2 Å². The molecule has 0 bridgehead atoms. The van der Waals surface area contributed by atoms with Crippen LogP contribution in [0.1, 0.15) is 31.7 Å². The van der Waals surface area contributed by atoms with Crippen molar-refractivity contribution < 1.29 is 4.79 Å². The standard InChI is InChI=1S/C12H15ClN2O/c1-2-3-8-12(16)15-14-9-10-6-4-5-7-11(10)13/h4-7,9H,2-3,8H2,1H3,(H,15,16). The van der Waals surface area contributed by atoms with E-state index in [1.807, 2.05) is 25.1 Å². The zero-order valence-corrected chi connectivity index (χ0v) is 10.00. The topological polar surface area (TPSA) is 41.5 Å². The number of hydrogen-bond acceptors (Lipinski definition) is 2. The molecule has 0 unspecified atom stereocenters. The van der Waals surface area contributed by atoms with Crippen LogP contribution < -0.4 is 5.43 Å². The van der Waals surface area contributed by atoms with Crippen molar-refractivity contribution in [1.29, 1.82) is 0 Å². The van der Waals surface area contributed by atoms with E-state index < -0.39 is 0 Å². The molecule has 0 saturated carbocycles. The van der Waals surface area contributed by atoms with Crippen molar-refractivity contribution in [3.05, 3.63) is 34.9 Å². The normalized spacial score (nSPS) is 10.6. The monoisotopic (exact) mass is 238 g/mol. The molecule has 0 aliphatic rings. The summed E-state index contributed by atoms with van der Waals surface area (Å²) >= 11 is 5.92. The summed E-state index contributed by atoms with van der Waals surface area (Å²) in [6.45, 7) is 2.04. The number of benzene rings is 1. The van der Waals surface area contributed by atoms with E-state index in [0.29, 0.717) is 11.4 Å². The van der Waals surface area contributed by atoms with Crippen molar-refractivity contribution in [3.8, 4) is 0 Å². The van der Waals surface area contributed by atoms with Gasteiger partial charge in [0.05, 0.1) is 6.21 Å². The molecule has 1 aromatic rings. The summed E-state index contributed by atoms with van der Waals surface area (Å²) in [6.07, 6.45) is 3.94. The molecular weight excluding hydrogens is 224 g/mol. The van der Waals surface area contributed by atoms with E-state index in [4.69, 9.17) is 11.6 Å². The maximum Gasteiger partial charge on any atom is 0.240 e. The summed E-state index contributed by atoms with van der Waals surface area (Å²) in [7, 11) is 0. The van der Waals surface area contributed by atoms with E-state index in [-0.39, 0.29) is 5.91 Å². The van der Waals surface area contributed by atoms with Crippen LogP contribution in [0.2, 0.25) is 5.02 Å². The average molecular weight is 239 g/mol. The highest BCUT2D eigenvalue weighted by Gasteiger charge is 1.97. The fraction of sp³-hybridized carbons (Fsp3) is 0.333. The van der Waals surface area contributed by atoms with Crippen LogP contribution in [-0.2, 0) is 4.79 Å². The minimum absolute atomic E-state index is 0.0647. The lowest BCUT2D eigenvalue weighted by Crippen LogP contribution is -2.16. The molecule has 3 nitrogen and oxygen atoms in total. The van der Waals surface area contributed by atoms with Gasteiger partial charge >= 0.3 is 0 Å². The van der Waals surface area contributed by atoms with Gasteiger partial charge in [-0.2, -0.15) is 5.10 Å². The molecule has 4 heteroatoms. The Kier molecular flexibility index (Phi) is 5.57. The van der Waals surface area contributed by atoms with Gasteiger partial charge in [0.15, 0.2) is 0 Å². The molecule has 0 radical (unpaired) electrons. The van der Waals surface area contributed by atoms with E-state index in [1.165, 1.54) is 0 Å². The van der Waals surface area contributed by atoms with Gasteiger partial charge in [-0.3, -0.25) is 4.79 Å². The number of carbonyl (C=O) groups excluding carboxylic acids is 1. The first-order chi connectivity index (χ1) is 7.74. The van der Waals surface area contributed by atoms with Crippen LogP contribution in [0.15, 0.2) is 29.4 Å². The fourth-order valence-corrected chi connectivity index (χ4v) is 1.33. The molecular formula is C12H15ClN2O. The Morgan fingerprint density at radius 3 is 2.94 bits per heavy atom. The number of nitrogens with zero attached hydrogens (tertiary/aromatic N) is 1. The third kappa shape index (κ3) is 4.45. The summed E-state index contributed by atoms with van der Waals surface area (Å²) in [6, 6.07) is 7.33. The van der Waals surface area contributed by atoms with E-state index >= 15 is 0 Å². The lowest BCUT2D eigenvalue weighted by Gasteiger charge is -1.98. The van der Waals surface area contributed by atoms with E-state index in [1.54, 1.807) is 12.3 Å². The van der Waals surface area contributed by atoms with Gasteiger partial charge in [-0.25, -0.2) is 5.43 Å². The molecule has 0 atom stereocenters. The number of hydrogen-bond donors (Lipinski definition) is 1. The Labute approximate surface area is 101 Å². The van der Waals surface area contributed by atoms with Gasteiger partial charge in [-0.15, -0.1) is 0 Å². The first kappa shape index (κ1) is 12.7. The van der Waals surface area contributed by atoms with Crippen LogP contribution in [0.5, 0.6) is 0 Å². The van der Waals surface area contributed by atoms with Crippen molar-refractivity contribution in [1.82, 2.24) is 5.43 Å². The van der Waals surface area contributed by atoms with Gasteiger partial charge in [-0.1, -0.05) is 43.1 Å². The molecule has 0 saturated heterocycles. The highest BCUT2D eigenvalue weighted by atomic mass is 35.5. The first-order valence-electron chi connectivity index (χ1n) is 5.30. The molecule has 0 spiro atoms. The van der Waals surface area contributed by atoms with Crippen molar-refractivity contribution in [2.75, 3.05) is 0 Å². The van der Waals surface area contributed by atoms with Crippen molar-refractivity contribution in [2.24, 2.45) is 5.10 Å². The SMILES string of the molecule is CCCCC(=O)NN=Cc1ccccc1Cl. The minimum atomic E-state index is -0.0647. The maximum absolute atomic E-state index is 11.2. The Morgan fingerprint density at radius 2 is 2.25 bits per heavy atom. The largest absolute Gasteiger partial charge is 0.273 e. The maximum atomic E-state index is 11.2. The smallest absolute Gasteiger partial charge is 0.240 e. The quantitative estimate of drug-likeness (QED) is 0.622. The molecule has 0 aliphatic carbocycles. The molecule has 1 rings (SSSR count). The Morgan fingerprint density at radius 1 is 1.50 bits per heavy atom. The highest BCUT2D eigenvalue weighted by Crippen LogP contribution is 2.11. The average Bonchev–Trinajstić information content (AvgIpc) is 2.29. The molecule has 0 heterocycles. The predicted molar refractivity (Wildman–Crippen MR) is 66.7 cm³/mol. The first-order valence-corrected chi connectivity index (χ1v) is 5.68. The van der Waals surface area contributed by atoms with Crippen LogP contribution in [0.25, 0.3) is 0 Å². The molecule has 1 N–H and O–H groups in total. The molecule has 1 amide bonds. The highest BCUT2D eigenvalue weighted by molar-refractivity contribution is 6.33. The third-order valence-electron chi connectivity index (χ3n) is 2.06. The van der Waals surface area contributed by atoms with E-state index in [9.17, 15) is 4.79 Å². The molecule has 0 aromatic heterocycles. The molecule has 0 fully saturated rings.